The minimum Gasteiger partial charge on any atom is -0.310 e. The Bertz CT molecular complexity index is 366. The average Bonchev–Trinajstić information content (AvgIpc) is 2.40. The maximum atomic E-state index is 13.0. The lowest BCUT2D eigenvalue weighted by Gasteiger charge is -2.13. The Balaban J connectivity index is 2.18. The smallest absolute Gasteiger partial charge is 0.159 e. The Morgan fingerprint density at radius 3 is 2.47 bits per heavy atom. The molecule has 1 N–H and O–H groups in total. The molecule has 3 heteroatoms. The summed E-state index contributed by atoms with van der Waals surface area (Å²) in [6.45, 7) is 4.94. The van der Waals surface area contributed by atoms with Crippen LogP contribution in [-0.4, -0.2) is 6.04 Å². The summed E-state index contributed by atoms with van der Waals surface area (Å²) >= 11 is 0. The van der Waals surface area contributed by atoms with Gasteiger partial charge in [-0.25, -0.2) is 8.78 Å². The van der Waals surface area contributed by atoms with Gasteiger partial charge in [-0.2, -0.15) is 0 Å². The van der Waals surface area contributed by atoms with E-state index in [1.54, 1.807) is 6.07 Å². The van der Waals surface area contributed by atoms with Crippen LogP contribution in [0.25, 0.3) is 0 Å². The van der Waals surface area contributed by atoms with E-state index in [-0.39, 0.29) is 0 Å². The van der Waals surface area contributed by atoms with Crippen molar-refractivity contribution in [1.29, 1.82) is 0 Å². The molecule has 19 heavy (non-hydrogen) atoms. The third-order valence-electron chi connectivity index (χ3n) is 3.38. The summed E-state index contributed by atoms with van der Waals surface area (Å²) in [7, 11) is 0. The van der Waals surface area contributed by atoms with Gasteiger partial charge >= 0.3 is 0 Å². The van der Waals surface area contributed by atoms with E-state index in [0.29, 0.717) is 12.6 Å². The van der Waals surface area contributed by atoms with Crippen LogP contribution < -0.4 is 5.32 Å². The summed E-state index contributed by atoms with van der Waals surface area (Å²) in [5, 5.41) is 3.35. The van der Waals surface area contributed by atoms with Crippen molar-refractivity contribution >= 4 is 0 Å². The summed E-state index contributed by atoms with van der Waals surface area (Å²) in [5.41, 5.74) is 0.789. The SMILES string of the molecule is CCCCCCCC(C)NCc1ccc(F)c(F)c1. The largest absolute Gasteiger partial charge is 0.310 e. The highest BCUT2D eigenvalue weighted by molar-refractivity contribution is 5.17. The molecule has 0 amide bonds. The summed E-state index contributed by atoms with van der Waals surface area (Å²) in [5.74, 6) is -1.56. The Hall–Kier alpha value is -0.960. The molecule has 0 heterocycles. The molecule has 0 saturated carbocycles. The van der Waals surface area contributed by atoms with Crippen LogP contribution in [0.15, 0.2) is 18.2 Å². The standard InChI is InChI=1S/C16H25F2N/c1-3-4-5-6-7-8-13(2)19-12-14-9-10-15(17)16(18)11-14/h9-11,13,19H,3-8,12H2,1-2H3. The number of nitrogens with one attached hydrogen (secondary N) is 1. The van der Waals surface area contributed by atoms with Crippen molar-refractivity contribution in [3.05, 3.63) is 35.4 Å². The van der Waals surface area contributed by atoms with Crippen LogP contribution >= 0.6 is 0 Å². The third kappa shape index (κ3) is 6.67. The van der Waals surface area contributed by atoms with E-state index in [9.17, 15) is 8.78 Å². The van der Waals surface area contributed by atoms with Gasteiger partial charge in [-0.3, -0.25) is 0 Å². The highest BCUT2D eigenvalue weighted by Crippen LogP contribution is 2.10. The van der Waals surface area contributed by atoms with Gasteiger partial charge in [0.15, 0.2) is 11.6 Å². The maximum absolute atomic E-state index is 13.0. The fraction of sp³-hybridized carbons (Fsp3) is 0.625. The van der Waals surface area contributed by atoms with Gasteiger partial charge in [0, 0.05) is 12.6 Å². The van der Waals surface area contributed by atoms with Crippen LogP contribution in [0.2, 0.25) is 0 Å². The molecule has 0 aliphatic carbocycles. The fourth-order valence-corrected chi connectivity index (χ4v) is 2.10. The van der Waals surface area contributed by atoms with Crippen molar-refractivity contribution in [2.75, 3.05) is 0 Å². The molecule has 0 radical (unpaired) electrons. The molecule has 0 aliphatic heterocycles. The molecule has 0 bridgehead atoms. The maximum Gasteiger partial charge on any atom is 0.159 e. The number of benzene rings is 1. The Kier molecular flexibility index (Phi) is 7.65. The average molecular weight is 269 g/mol. The molecule has 0 spiro atoms. The van der Waals surface area contributed by atoms with Gasteiger partial charge in [0.25, 0.3) is 0 Å². The predicted octanol–water partition coefficient (Wildman–Crippen LogP) is 4.80. The van der Waals surface area contributed by atoms with E-state index in [1.807, 2.05) is 0 Å². The predicted molar refractivity (Wildman–Crippen MR) is 76.0 cm³/mol. The van der Waals surface area contributed by atoms with Gasteiger partial charge in [-0.15, -0.1) is 0 Å². The lowest BCUT2D eigenvalue weighted by molar-refractivity contribution is 0.475. The second kappa shape index (κ2) is 9.03. The van der Waals surface area contributed by atoms with Crippen molar-refractivity contribution in [3.63, 3.8) is 0 Å². The van der Waals surface area contributed by atoms with Crippen LogP contribution in [0, 0.1) is 11.6 Å². The van der Waals surface area contributed by atoms with Crippen LogP contribution in [0.1, 0.15) is 57.9 Å². The van der Waals surface area contributed by atoms with Gasteiger partial charge in [-0.1, -0.05) is 45.1 Å². The summed E-state index contributed by atoms with van der Waals surface area (Å²) < 4.78 is 25.8. The molecule has 1 atom stereocenters. The zero-order valence-corrected chi connectivity index (χ0v) is 12.0. The molecule has 108 valence electrons. The van der Waals surface area contributed by atoms with E-state index < -0.39 is 11.6 Å². The molecule has 1 nitrogen and oxygen atoms in total. The van der Waals surface area contributed by atoms with Crippen molar-refractivity contribution < 1.29 is 8.78 Å². The molecule has 0 aliphatic rings. The van der Waals surface area contributed by atoms with Crippen molar-refractivity contribution in [2.24, 2.45) is 0 Å². The molecule has 0 aromatic heterocycles. The fourth-order valence-electron chi connectivity index (χ4n) is 2.10. The summed E-state index contributed by atoms with van der Waals surface area (Å²) in [6.07, 6.45) is 7.54. The van der Waals surface area contributed by atoms with E-state index in [0.717, 1.165) is 12.0 Å². The summed E-state index contributed by atoms with van der Waals surface area (Å²) in [4.78, 5) is 0. The molecular weight excluding hydrogens is 244 g/mol. The molecule has 0 fully saturated rings. The molecule has 1 aromatic rings. The molecule has 1 unspecified atom stereocenters. The Morgan fingerprint density at radius 2 is 1.79 bits per heavy atom. The van der Waals surface area contributed by atoms with Crippen LogP contribution in [-0.2, 0) is 6.54 Å². The number of rotatable bonds is 9. The first kappa shape index (κ1) is 16.1. The molecular formula is C16H25F2N. The van der Waals surface area contributed by atoms with Gasteiger partial charge < -0.3 is 5.32 Å². The highest BCUT2D eigenvalue weighted by atomic mass is 19.2. The highest BCUT2D eigenvalue weighted by Gasteiger charge is 2.04. The quantitative estimate of drug-likeness (QED) is 0.635. The minimum atomic E-state index is -0.785. The topological polar surface area (TPSA) is 12.0 Å². The first-order valence-electron chi connectivity index (χ1n) is 7.30. The van der Waals surface area contributed by atoms with Crippen molar-refractivity contribution in [3.8, 4) is 0 Å². The van der Waals surface area contributed by atoms with E-state index in [2.05, 4.69) is 19.2 Å². The van der Waals surface area contributed by atoms with E-state index >= 15 is 0 Å². The Morgan fingerprint density at radius 1 is 1.05 bits per heavy atom. The van der Waals surface area contributed by atoms with Crippen molar-refractivity contribution in [2.45, 2.75) is 65.0 Å². The minimum absolute atomic E-state index is 0.412. The zero-order valence-electron chi connectivity index (χ0n) is 12.0. The zero-order chi connectivity index (χ0) is 14.1. The monoisotopic (exact) mass is 269 g/mol. The Labute approximate surface area is 115 Å². The second-order valence-corrected chi connectivity index (χ2v) is 5.23. The van der Waals surface area contributed by atoms with Gasteiger partial charge in [0.1, 0.15) is 0 Å². The van der Waals surface area contributed by atoms with Gasteiger partial charge in [-0.05, 0) is 31.0 Å². The van der Waals surface area contributed by atoms with Crippen LogP contribution in [0.3, 0.4) is 0 Å². The number of hydrogen-bond donors (Lipinski definition) is 1. The molecule has 1 rings (SSSR count). The number of halogens is 2. The van der Waals surface area contributed by atoms with Crippen molar-refractivity contribution in [1.82, 2.24) is 5.32 Å². The lowest BCUT2D eigenvalue weighted by atomic mass is 10.1. The lowest BCUT2D eigenvalue weighted by Crippen LogP contribution is -2.25. The summed E-state index contributed by atoms with van der Waals surface area (Å²) in [6, 6.07) is 4.48. The van der Waals surface area contributed by atoms with Crippen LogP contribution in [0.4, 0.5) is 8.78 Å². The first-order valence-corrected chi connectivity index (χ1v) is 7.30. The van der Waals surface area contributed by atoms with Gasteiger partial charge in [0.05, 0.1) is 0 Å². The third-order valence-corrected chi connectivity index (χ3v) is 3.38. The van der Waals surface area contributed by atoms with Crippen LogP contribution in [0.5, 0.6) is 0 Å². The molecule has 0 saturated heterocycles. The first-order chi connectivity index (χ1) is 9.13. The molecule has 1 aromatic carbocycles. The van der Waals surface area contributed by atoms with E-state index in [1.165, 1.54) is 44.2 Å². The normalized spacial score (nSPS) is 12.6. The number of unbranched alkanes of at least 4 members (excludes halogenated alkanes) is 4. The van der Waals surface area contributed by atoms with E-state index in [4.69, 9.17) is 0 Å². The second-order valence-electron chi connectivity index (χ2n) is 5.23. The number of hydrogen-bond acceptors (Lipinski definition) is 1. The van der Waals surface area contributed by atoms with Gasteiger partial charge in [0.2, 0.25) is 0 Å².